The van der Waals surface area contributed by atoms with Gasteiger partial charge in [0.25, 0.3) is 0 Å². The molecule has 2 nitrogen and oxygen atoms in total. The molecule has 1 heterocycles. The van der Waals surface area contributed by atoms with Crippen LogP contribution in [0.2, 0.25) is 0 Å². The molecule has 11 rings (SSSR count). The summed E-state index contributed by atoms with van der Waals surface area (Å²) in [6.07, 6.45) is 0. The van der Waals surface area contributed by atoms with Crippen LogP contribution in [0.25, 0.3) is 60.9 Å². The molecule has 2 heteroatoms. The molecular formula is C66H66N2. The van der Waals surface area contributed by atoms with Crippen molar-refractivity contribution in [3.05, 3.63) is 204 Å². The third-order valence-corrected chi connectivity index (χ3v) is 19.0. The zero-order chi connectivity index (χ0) is 47.8. The van der Waals surface area contributed by atoms with Crippen molar-refractivity contribution >= 4 is 38.9 Å². The Labute approximate surface area is 405 Å². The summed E-state index contributed by atoms with van der Waals surface area (Å²) in [5, 5.41) is 2.71. The fourth-order valence-electron chi connectivity index (χ4n) is 12.3. The van der Waals surface area contributed by atoms with Gasteiger partial charge >= 0.3 is 0 Å². The van der Waals surface area contributed by atoms with E-state index in [9.17, 15) is 0 Å². The highest BCUT2D eigenvalue weighted by Gasteiger charge is 2.58. The van der Waals surface area contributed by atoms with Gasteiger partial charge in [0.15, 0.2) is 0 Å². The van der Waals surface area contributed by atoms with Crippen LogP contribution in [-0.2, 0) is 21.7 Å². The maximum atomic E-state index is 2.58. The number of anilines is 3. The van der Waals surface area contributed by atoms with Gasteiger partial charge in [0.1, 0.15) is 0 Å². The first kappa shape index (κ1) is 43.9. The summed E-state index contributed by atoms with van der Waals surface area (Å²) >= 11 is 0. The fraction of sp³-hybridized carbons (Fsp3) is 0.273. The zero-order valence-electron chi connectivity index (χ0n) is 42.2. The van der Waals surface area contributed by atoms with Gasteiger partial charge in [-0.05, 0) is 161 Å². The van der Waals surface area contributed by atoms with Gasteiger partial charge in [0, 0.05) is 33.5 Å². The van der Waals surface area contributed by atoms with E-state index < -0.39 is 0 Å². The summed E-state index contributed by atoms with van der Waals surface area (Å²) in [5.41, 5.74) is 20.5. The van der Waals surface area contributed by atoms with Crippen LogP contribution in [-0.4, -0.2) is 4.57 Å². The van der Waals surface area contributed by atoms with Crippen LogP contribution < -0.4 is 4.90 Å². The van der Waals surface area contributed by atoms with Gasteiger partial charge in [-0.15, -0.1) is 0 Å². The van der Waals surface area contributed by atoms with Crippen molar-refractivity contribution < 1.29 is 0 Å². The van der Waals surface area contributed by atoms with Crippen LogP contribution in [0.1, 0.15) is 105 Å². The molecule has 0 radical (unpaired) electrons. The molecule has 340 valence electrons. The first-order chi connectivity index (χ1) is 32.3. The van der Waals surface area contributed by atoms with Crippen molar-refractivity contribution in [2.24, 2.45) is 10.8 Å². The van der Waals surface area contributed by atoms with Gasteiger partial charge in [-0.2, -0.15) is 0 Å². The van der Waals surface area contributed by atoms with E-state index in [2.05, 4.69) is 275 Å². The molecule has 0 N–H and O–H groups in total. The number of nitrogens with zero attached hydrogens (tertiary/aromatic N) is 2. The number of hydrogen-bond acceptors (Lipinski definition) is 1. The topological polar surface area (TPSA) is 8.17 Å². The van der Waals surface area contributed by atoms with Gasteiger partial charge in [-0.25, -0.2) is 0 Å². The highest BCUT2D eigenvalue weighted by Crippen LogP contribution is 2.64. The van der Waals surface area contributed by atoms with E-state index >= 15 is 0 Å². The van der Waals surface area contributed by atoms with E-state index in [1.54, 1.807) is 0 Å². The van der Waals surface area contributed by atoms with Crippen LogP contribution >= 0.6 is 0 Å². The van der Waals surface area contributed by atoms with E-state index in [0.29, 0.717) is 0 Å². The Hall–Kier alpha value is -6.64. The standard InChI is InChI=1S/C66H66N2/c1-61(2)55-39-53-54-40-56-58(64(7,8)66(11,12)62(56,3)4)42-60(54)68(59(53)41-57(55)63(5,6)65(61,9)10)52-37-29-48(30-38-52)47-27-35-51(36-28-47)67(49-31-23-45(24-32-49)43-19-15-13-16-20-43)50-33-25-46(26-34-50)44-21-17-14-18-22-44/h13-42H,1-12H3. The lowest BCUT2D eigenvalue weighted by molar-refractivity contribution is 0.125. The van der Waals surface area contributed by atoms with Crippen LogP contribution in [0.5, 0.6) is 0 Å². The SMILES string of the molecule is CC1(C)c2cc3c4cc5c(cc4n(-c4ccc(-c6ccc(N(c7ccc(-c8ccccc8)cc7)c7ccc(-c8ccccc8)cc7)cc6)cc4)c3cc2C(C)(C)C1(C)C)C(C)(C)C(C)(C)C5(C)C. The summed E-state index contributed by atoms with van der Waals surface area (Å²) in [5.74, 6) is 0. The van der Waals surface area contributed by atoms with Crippen LogP contribution in [0.15, 0.2) is 182 Å². The average molecular weight is 887 g/mol. The predicted molar refractivity (Wildman–Crippen MR) is 291 cm³/mol. The number of fused-ring (bicyclic) bond motifs is 5. The first-order valence-corrected chi connectivity index (χ1v) is 24.8. The van der Waals surface area contributed by atoms with Crippen molar-refractivity contribution in [2.75, 3.05) is 4.90 Å². The lowest BCUT2D eigenvalue weighted by Gasteiger charge is -2.44. The quantitative estimate of drug-likeness (QED) is 0.155. The Kier molecular flexibility index (Phi) is 9.64. The second-order valence-corrected chi connectivity index (χ2v) is 23.2. The van der Waals surface area contributed by atoms with Gasteiger partial charge in [-0.1, -0.05) is 192 Å². The second-order valence-electron chi connectivity index (χ2n) is 23.2. The first-order valence-electron chi connectivity index (χ1n) is 24.8. The second kappa shape index (κ2) is 14.9. The predicted octanol–water partition coefficient (Wildman–Crippen LogP) is 18.4. The zero-order valence-corrected chi connectivity index (χ0v) is 42.2. The highest BCUT2D eigenvalue weighted by atomic mass is 15.1. The highest BCUT2D eigenvalue weighted by molar-refractivity contribution is 6.11. The van der Waals surface area contributed by atoms with Crippen molar-refractivity contribution in [2.45, 2.75) is 105 Å². The smallest absolute Gasteiger partial charge is 0.0544 e. The molecule has 68 heavy (non-hydrogen) atoms. The van der Waals surface area contributed by atoms with E-state index in [0.717, 1.165) is 17.1 Å². The maximum absolute atomic E-state index is 2.58. The molecule has 0 saturated carbocycles. The molecule has 0 atom stereocenters. The van der Waals surface area contributed by atoms with Gasteiger partial charge in [-0.3, -0.25) is 0 Å². The lowest BCUT2D eigenvalue weighted by Crippen LogP contribution is -2.42. The summed E-state index contributed by atoms with van der Waals surface area (Å²) in [6.45, 7) is 29.6. The third-order valence-electron chi connectivity index (χ3n) is 19.0. The molecule has 0 fully saturated rings. The molecule has 0 unspecified atom stereocenters. The maximum Gasteiger partial charge on any atom is 0.0544 e. The van der Waals surface area contributed by atoms with E-state index in [1.165, 1.54) is 83.1 Å². The normalized spacial score (nSPS) is 17.8. The Bertz CT molecular complexity index is 3190. The van der Waals surface area contributed by atoms with Crippen molar-refractivity contribution in [1.82, 2.24) is 4.57 Å². The molecule has 2 aliphatic rings. The Morgan fingerprint density at radius 3 is 0.868 bits per heavy atom. The molecule has 0 spiro atoms. The molecule has 0 amide bonds. The lowest BCUT2D eigenvalue weighted by atomic mass is 9.59. The molecule has 0 bridgehead atoms. The average Bonchev–Trinajstić information content (AvgIpc) is 3.75. The summed E-state index contributed by atoms with van der Waals surface area (Å²) in [4.78, 5) is 2.36. The van der Waals surface area contributed by atoms with Gasteiger partial charge < -0.3 is 9.47 Å². The van der Waals surface area contributed by atoms with Crippen LogP contribution in [0, 0.1) is 10.8 Å². The minimum Gasteiger partial charge on any atom is -0.311 e. The minimum absolute atomic E-state index is 0.0000995. The summed E-state index contributed by atoms with van der Waals surface area (Å²) in [7, 11) is 0. The van der Waals surface area contributed by atoms with E-state index in [-0.39, 0.29) is 32.5 Å². The van der Waals surface area contributed by atoms with Crippen LogP contribution in [0.4, 0.5) is 17.1 Å². The Balaban J connectivity index is 0.999. The Morgan fingerprint density at radius 2 is 0.559 bits per heavy atom. The third kappa shape index (κ3) is 6.15. The van der Waals surface area contributed by atoms with E-state index in [1.807, 2.05) is 0 Å². The number of hydrogen-bond donors (Lipinski definition) is 0. The molecule has 0 saturated heterocycles. The van der Waals surface area contributed by atoms with Gasteiger partial charge in [0.2, 0.25) is 0 Å². The molecule has 8 aromatic carbocycles. The molecule has 9 aromatic rings. The van der Waals surface area contributed by atoms with Gasteiger partial charge in [0.05, 0.1) is 11.0 Å². The summed E-state index contributed by atoms with van der Waals surface area (Å²) in [6, 6.07) is 67.8. The van der Waals surface area contributed by atoms with Crippen molar-refractivity contribution in [3.63, 3.8) is 0 Å². The fourth-order valence-corrected chi connectivity index (χ4v) is 12.3. The number of benzene rings is 8. The van der Waals surface area contributed by atoms with Crippen molar-refractivity contribution in [3.8, 4) is 39.1 Å². The van der Waals surface area contributed by atoms with E-state index in [4.69, 9.17) is 0 Å². The minimum atomic E-state index is -0.0000995. The van der Waals surface area contributed by atoms with Crippen LogP contribution in [0.3, 0.4) is 0 Å². The number of rotatable bonds is 7. The monoisotopic (exact) mass is 887 g/mol. The number of aromatic nitrogens is 1. The molecule has 0 aliphatic heterocycles. The van der Waals surface area contributed by atoms with Crippen molar-refractivity contribution in [1.29, 1.82) is 0 Å². The summed E-state index contributed by atoms with van der Waals surface area (Å²) < 4.78 is 2.57. The largest absolute Gasteiger partial charge is 0.311 e. The molecule has 2 aliphatic carbocycles. The molecule has 1 aromatic heterocycles. The molecular weight excluding hydrogens is 821 g/mol. The Morgan fingerprint density at radius 1 is 0.294 bits per heavy atom.